The Hall–Kier alpha value is -1.76. The Morgan fingerprint density at radius 3 is 2.81 bits per heavy atom. The van der Waals surface area contributed by atoms with E-state index in [4.69, 9.17) is 11.6 Å². The summed E-state index contributed by atoms with van der Waals surface area (Å²) in [6, 6.07) is 6.71. The van der Waals surface area contributed by atoms with Crippen molar-refractivity contribution in [1.82, 2.24) is 9.97 Å². The molecule has 0 aliphatic carbocycles. The van der Waals surface area contributed by atoms with Gasteiger partial charge >= 0.3 is 0 Å². The van der Waals surface area contributed by atoms with Gasteiger partial charge in [-0.2, -0.15) is 4.98 Å². The van der Waals surface area contributed by atoms with Gasteiger partial charge in [-0.3, -0.25) is 0 Å². The van der Waals surface area contributed by atoms with Crippen LogP contribution in [0.3, 0.4) is 0 Å². The summed E-state index contributed by atoms with van der Waals surface area (Å²) < 4.78 is 13.3. The molecule has 0 spiro atoms. The average Bonchev–Trinajstić information content (AvgIpc) is 3.06. The Labute approximate surface area is 160 Å². The molecule has 26 heavy (non-hydrogen) atoms. The zero-order chi connectivity index (χ0) is 18.1. The normalized spacial score (nSPS) is 17.8. The lowest BCUT2D eigenvalue weighted by molar-refractivity contribution is 0.262. The highest BCUT2D eigenvalue weighted by Crippen LogP contribution is 2.40. The summed E-state index contributed by atoms with van der Waals surface area (Å²) in [5, 5.41) is 12.7. The molecule has 7 heteroatoms. The number of aliphatic hydroxyl groups is 1. The van der Waals surface area contributed by atoms with Crippen LogP contribution in [-0.2, 0) is 0 Å². The van der Waals surface area contributed by atoms with Crippen LogP contribution >= 0.6 is 22.9 Å². The van der Waals surface area contributed by atoms with Gasteiger partial charge in [-0.25, -0.2) is 9.37 Å². The van der Waals surface area contributed by atoms with Gasteiger partial charge in [0.25, 0.3) is 0 Å². The minimum atomic E-state index is -0.258. The molecule has 3 aromatic rings. The second kappa shape index (κ2) is 7.47. The standard InChI is InChI=1S/C19H19ClFN3OS/c20-19-22-17(24-9-2-1-3-14(24)8-10-25)16-15(11-26-18(16)23-19)12-4-6-13(21)7-5-12/h4-7,11,14,25H,1-3,8-10H2. The van der Waals surface area contributed by atoms with Crippen LogP contribution in [0, 0.1) is 5.82 Å². The minimum Gasteiger partial charge on any atom is -0.396 e. The van der Waals surface area contributed by atoms with E-state index < -0.39 is 0 Å². The van der Waals surface area contributed by atoms with Crippen molar-refractivity contribution < 1.29 is 9.50 Å². The number of nitrogens with zero attached hydrogens (tertiary/aromatic N) is 3. The maximum Gasteiger partial charge on any atom is 0.225 e. The fourth-order valence-corrected chi connectivity index (χ4v) is 4.83. The first-order chi connectivity index (χ1) is 12.7. The van der Waals surface area contributed by atoms with Gasteiger partial charge in [0.15, 0.2) is 0 Å². The van der Waals surface area contributed by atoms with Gasteiger partial charge in [-0.05, 0) is 55.0 Å². The second-order valence-electron chi connectivity index (χ2n) is 6.51. The summed E-state index contributed by atoms with van der Waals surface area (Å²) in [4.78, 5) is 12.0. The Balaban J connectivity index is 1.87. The monoisotopic (exact) mass is 391 g/mol. The Bertz CT molecular complexity index is 913. The first-order valence-corrected chi connectivity index (χ1v) is 10.0. The van der Waals surface area contributed by atoms with Crippen LogP contribution in [0.4, 0.5) is 10.2 Å². The molecule has 136 valence electrons. The number of thiophene rings is 1. The summed E-state index contributed by atoms with van der Waals surface area (Å²) in [5.41, 5.74) is 1.92. The van der Waals surface area contributed by atoms with E-state index in [-0.39, 0.29) is 23.7 Å². The molecule has 1 saturated heterocycles. The molecular weight excluding hydrogens is 373 g/mol. The summed E-state index contributed by atoms with van der Waals surface area (Å²) in [6.07, 6.45) is 3.97. The number of aromatic nitrogens is 2. The van der Waals surface area contributed by atoms with Crippen molar-refractivity contribution in [1.29, 1.82) is 0 Å². The Morgan fingerprint density at radius 1 is 1.23 bits per heavy atom. The third-order valence-corrected chi connectivity index (χ3v) is 5.95. The second-order valence-corrected chi connectivity index (χ2v) is 7.70. The van der Waals surface area contributed by atoms with Crippen molar-refractivity contribution in [3.8, 4) is 11.1 Å². The highest BCUT2D eigenvalue weighted by Gasteiger charge is 2.27. The number of hydrogen-bond acceptors (Lipinski definition) is 5. The molecule has 1 aromatic carbocycles. The Kier molecular flexibility index (Phi) is 5.07. The van der Waals surface area contributed by atoms with Crippen LogP contribution in [0.15, 0.2) is 29.6 Å². The van der Waals surface area contributed by atoms with E-state index in [0.717, 1.165) is 53.0 Å². The van der Waals surface area contributed by atoms with E-state index >= 15 is 0 Å². The highest BCUT2D eigenvalue weighted by molar-refractivity contribution is 7.17. The smallest absolute Gasteiger partial charge is 0.225 e. The van der Waals surface area contributed by atoms with Crippen LogP contribution in [0.1, 0.15) is 25.7 Å². The number of anilines is 1. The molecule has 4 nitrogen and oxygen atoms in total. The van der Waals surface area contributed by atoms with Crippen LogP contribution in [-0.4, -0.2) is 34.3 Å². The topological polar surface area (TPSA) is 49.2 Å². The predicted molar refractivity (Wildman–Crippen MR) is 105 cm³/mol. The molecule has 1 unspecified atom stereocenters. The van der Waals surface area contributed by atoms with E-state index in [0.29, 0.717) is 6.42 Å². The average molecular weight is 392 g/mol. The van der Waals surface area contributed by atoms with Crippen molar-refractivity contribution in [3.63, 3.8) is 0 Å². The van der Waals surface area contributed by atoms with Gasteiger partial charge in [-0.15, -0.1) is 11.3 Å². The summed E-state index contributed by atoms with van der Waals surface area (Å²) in [6.45, 7) is 1.03. The number of piperidine rings is 1. The lowest BCUT2D eigenvalue weighted by Crippen LogP contribution is -2.40. The van der Waals surface area contributed by atoms with Gasteiger partial charge in [0.1, 0.15) is 16.5 Å². The van der Waals surface area contributed by atoms with E-state index in [1.54, 1.807) is 12.1 Å². The van der Waals surface area contributed by atoms with Gasteiger partial charge in [0.2, 0.25) is 5.28 Å². The van der Waals surface area contributed by atoms with Crippen molar-refractivity contribution in [2.75, 3.05) is 18.1 Å². The molecule has 1 atom stereocenters. The molecule has 0 amide bonds. The van der Waals surface area contributed by atoms with Gasteiger partial charge in [-0.1, -0.05) is 12.1 Å². The van der Waals surface area contributed by atoms with E-state index in [9.17, 15) is 9.50 Å². The van der Waals surface area contributed by atoms with Gasteiger partial charge < -0.3 is 10.0 Å². The van der Waals surface area contributed by atoms with Crippen molar-refractivity contribution in [3.05, 3.63) is 40.7 Å². The molecule has 0 radical (unpaired) electrons. The summed E-state index contributed by atoms with van der Waals surface area (Å²) in [5.74, 6) is 0.561. The summed E-state index contributed by atoms with van der Waals surface area (Å²) in [7, 11) is 0. The lowest BCUT2D eigenvalue weighted by Gasteiger charge is -2.37. The van der Waals surface area contributed by atoms with E-state index in [1.165, 1.54) is 23.5 Å². The maximum absolute atomic E-state index is 13.3. The quantitative estimate of drug-likeness (QED) is 0.643. The van der Waals surface area contributed by atoms with Gasteiger partial charge in [0, 0.05) is 30.1 Å². The fraction of sp³-hybridized carbons (Fsp3) is 0.368. The third kappa shape index (κ3) is 3.29. The zero-order valence-electron chi connectivity index (χ0n) is 14.2. The number of fused-ring (bicyclic) bond motifs is 1. The van der Waals surface area contributed by atoms with Crippen molar-refractivity contribution in [2.24, 2.45) is 0 Å². The number of halogens is 2. The fourth-order valence-electron chi connectivity index (χ4n) is 3.68. The van der Waals surface area contributed by atoms with Crippen LogP contribution in [0.2, 0.25) is 5.28 Å². The molecule has 1 aliphatic heterocycles. The Morgan fingerprint density at radius 2 is 2.04 bits per heavy atom. The van der Waals surface area contributed by atoms with Gasteiger partial charge in [0.05, 0.1) is 5.39 Å². The van der Waals surface area contributed by atoms with Crippen molar-refractivity contribution in [2.45, 2.75) is 31.7 Å². The first-order valence-electron chi connectivity index (χ1n) is 8.75. The number of rotatable bonds is 4. The number of hydrogen-bond donors (Lipinski definition) is 1. The number of benzene rings is 1. The number of aliphatic hydroxyl groups excluding tert-OH is 1. The third-order valence-electron chi connectivity index (χ3n) is 4.90. The molecular formula is C19H19ClFN3OS. The van der Waals surface area contributed by atoms with E-state index in [1.807, 2.05) is 5.38 Å². The molecule has 2 aromatic heterocycles. The molecule has 3 heterocycles. The zero-order valence-corrected chi connectivity index (χ0v) is 15.7. The molecule has 0 bridgehead atoms. The maximum atomic E-state index is 13.3. The largest absolute Gasteiger partial charge is 0.396 e. The minimum absolute atomic E-state index is 0.150. The molecule has 4 rings (SSSR count). The molecule has 1 aliphatic rings. The van der Waals surface area contributed by atoms with Crippen LogP contribution < -0.4 is 4.90 Å². The molecule has 0 saturated carbocycles. The van der Waals surface area contributed by atoms with Crippen LogP contribution in [0.5, 0.6) is 0 Å². The first kappa shape index (κ1) is 17.6. The highest BCUT2D eigenvalue weighted by atomic mass is 35.5. The predicted octanol–water partition coefficient (Wildman–Crippen LogP) is 4.89. The van der Waals surface area contributed by atoms with Crippen LogP contribution in [0.25, 0.3) is 21.3 Å². The molecule has 1 N–H and O–H groups in total. The summed E-state index contributed by atoms with van der Waals surface area (Å²) >= 11 is 7.72. The SMILES string of the molecule is OCCC1CCCCN1c1nc(Cl)nc2scc(-c3ccc(F)cc3)c12. The molecule has 1 fully saturated rings. The lowest BCUT2D eigenvalue weighted by atomic mass is 9.98. The van der Waals surface area contributed by atoms with E-state index in [2.05, 4.69) is 14.9 Å². The van der Waals surface area contributed by atoms with Crippen molar-refractivity contribution >= 4 is 39.0 Å².